The second kappa shape index (κ2) is 8.22. The Kier molecular flexibility index (Phi) is 5.10. The van der Waals surface area contributed by atoms with Crippen LogP contribution in [0.2, 0.25) is 0 Å². The van der Waals surface area contributed by atoms with E-state index in [1.807, 2.05) is 32.2 Å². The molecule has 5 rings (SSSR count). The molecule has 3 heterocycles. The predicted molar refractivity (Wildman–Crippen MR) is 126 cm³/mol. The number of aromatic nitrogens is 7. The number of rotatable bonds is 6. The SMILES string of the molecule is CCCc1nc2cc(C)c(NC)nc2n1-c1ccc(-c2ccccc2-c2nn[nH]n2)cc1. The Balaban J connectivity index is 1.62. The fraction of sp³-hybridized carbons (Fsp3) is 0.208. The van der Waals surface area contributed by atoms with Crippen LogP contribution in [0, 0.1) is 6.92 Å². The summed E-state index contributed by atoms with van der Waals surface area (Å²) in [4.78, 5) is 9.75. The van der Waals surface area contributed by atoms with Crippen molar-refractivity contribution in [2.75, 3.05) is 12.4 Å². The third kappa shape index (κ3) is 3.39. The van der Waals surface area contributed by atoms with E-state index in [1.54, 1.807) is 0 Å². The van der Waals surface area contributed by atoms with Crippen molar-refractivity contribution in [2.24, 2.45) is 0 Å². The Labute approximate surface area is 185 Å². The Bertz CT molecular complexity index is 1370. The molecule has 0 fully saturated rings. The van der Waals surface area contributed by atoms with Crippen molar-refractivity contribution in [3.63, 3.8) is 0 Å². The summed E-state index contributed by atoms with van der Waals surface area (Å²) in [5, 5.41) is 17.7. The number of imidazole rings is 1. The van der Waals surface area contributed by atoms with Gasteiger partial charge in [0.15, 0.2) is 5.65 Å². The number of H-pyrrole nitrogens is 1. The van der Waals surface area contributed by atoms with Crippen molar-refractivity contribution in [3.8, 4) is 28.2 Å². The van der Waals surface area contributed by atoms with Crippen molar-refractivity contribution in [3.05, 3.63) is 66.0 Å². The quantitative estimate of drug-likeness (QED) is 0.414. The zero-order chi connectivity index (χ0) is 22.1. The number of anilines is 1. The molecule has 0 spiro atoms. The molecule has 0 saturated carbocycles. The van der Waals surface area contributed by atoms with Crippen molar-refractivity contribution in [1.29, 1.82) is 0 Å². The number of nitrogens with one attached hydrogen (secondary N) is 2. The molecule has 0 aliphatic heterocycles. The van der Waals surface area contributed by atoms with Gasteiger partial charge in [0.25, 0.3) is 0 Å². The van der Waals surface area contributed by atoms with Crippen molar-refractivity contribution < 1.29 is 0 Å². The number of benzene rings is 2. The number of nitrogens with zero attached hydrogens (tertiary/aromatic N) is 6. The van der Waals surface area contributed by atoms with E-state index in [-0.39, 0.29) is 0 Å². The highest BCUT2D eigenvalue weighted by atomic mass is 15.5. The number of tetrazole rings is 1. The van der Waals surface area contributed by atoms with Crippen LogP contribution in [0.15, 0.2) is 54.6 Å². The maximum Gasteiger partial charge on any atom is 0.205 e. The number of hydrogen-bond acceptors (Lipinski definition) is 6. The summed E-state index contributed by atoms with van der Waals surface area (Å²) in [6.45, 7) is 4.21. The Morgan fingerprint density at radius 1 is 1.00 bits per heavy atom. The molecule has 0 saturated heterocycles. The third-order valence-electron chi connectivity index (χ3n) is 5.55. The molecule has 3 aromatic heterocycles. The molecule has 0 radical (unpaired) electrons. The predicted octanol–water partition coefficient (Wildman–Crippen LogP) is 4.57. The normalized spacial score (nSPS) is 11.2. The smallest absolute Gasteiger partial charge is 0.205 e. The van der Waals surface area contributed by atoms with Gasteiger partial charge in [-0.25, -0.2) is 9.97 Å². The minimum Gasteiger partial charge on any atom is -0.373 e. The molecule has 32 heavy (non-hydrogen) atoms. The average Bonchev–Trinajstić information content (AvgIpc) is 3.47. The number of hydrogen-bond donors (Lipinski definition) is 2. The molecule has 2 N–H and O–H groups in total. The van der Waals surface area contributed by atoms with E-state index < -0.39 is 0 Å². The highest BCUT2D eigenvalue weighted by Crippen LogP contribution is 2.31. The lowest BCUT2D eigenvalue weighted by molar-refractivity contribution is 0.816. The lowest BCUT2D eigenvalue weighted by atomic mass is 9.99. The highest BCUT2D eigenvalue weighted by molar-refractivity contribution is 5.81. The zero-order valence-electron chi connectivity index (χ0n) is 18.3. The van der Waals surface area contributed by atoms with Crippen LogP contribution in [0.3, 0.4) is 0 Å². The summed E-state index contributed by atoms with van der Waals surface area (Å²) < 4.78 is 2.16. The van der Waals surface area contributed by atoms with Crippen LogP contribution < -0.4 is 5.32 Å². The Morgan fingerprint density at radius 3 is 2.47 bits per heavy atom. The van der Waals surface area contributed by atoms with Gasteiger partial charge in [0.1, 0.15) is 17.2 Å². The minimum absolute atomic E-state index is 0.578. The van der Waals surface area contributed by atoms with Gasteiger partial charge >= 0.3 is 0 Å². The van der Waals surface area contributed by atoms with Gasteiger partial charge in [-0.2, -0.15) is 5.21 Å². The molecule has 0 bridgehead atoms. The fourth-order valence-electron chi connectivity index (χ4n) is 4.06. The summed E-state index contributed by atoms with van der Waals surface area (Å²) in [6.07, 6.45) is 1.89. The molecule has 0 aliphatic rings. The van der Waals surface area contributed by atoms with Crippen LogP contribution in [0.5, 0.6) is 0 Å². The van der Waals surface area contributed by atoms with Gasteiger partial charge < -0.3 is 5.32 Å². The molecule has 0 unspecified atom stereocenters. The molecule has 5 aromatic rings. The Morgan fingerprint density at radius 2 is 1.78 bits per heavy atom. The monoisotopic (exact) mass is 424 g/mol. The maximum absolute atomic E-state index is 4.89. The standard InChI is InChI=1S/C24H24N8/c1-4-7-21-26-20-14-15(2)22(25-3)27-24(20)32(21)17-12-10-16(11-13-17)18-8-5-6-9-19(18)23-28-30-31-29-23/h5-6,8-14H,4,7H2,1-3H3,(H,25,27)(H,28,29,30,31). The van der Waals surface area contributed by atoms with E-state index in [4.69, 9.17) is 9.97 Å². The second-order valence-corrected chi connectivity index (χ2v) is 7.69. The van der Waals surface area contributed by atoms with Crippen LogP contribution in [0.4, 0.5) is 5.82 Å². The van der Waals surface area contributed by atoms with E-state index in [0.717, 1.165) is 63.6 Å². The minimum atomic E-state index is 0.578. The van der Waals surface area contributed by atoms with Crippen LogP contribution in [-0.2, 0) is 6.42 Å². The summed E-state index contributed by atoms with van der Waals surface area (Å²) in [5.41, 5.74) is 6.96. The second-order valence-electron chi connectivity index (χ2n) is 7.69. The molecule has 0 aliphatic carbocycles. The zero-order valence-corrected chi connectivity index (χ0v) is 18.3. The molecular weight excluding hydrogens is 400 g/mol. The summed E-state index contributed by atoms with van der Waals surface area (Å²) in [5.74, 6) is 2.46. The first-order valence-corrected chi connectivity index (χ1v) is 10.7. The summed E-state index contributed by atoms with van der Waals surface area (Å²) in [7, 11) is 1.89. The van der Waals surface area contributed by atoms with Gasteiger partial charge in [-0.05, 0) is 53.4 Å². The first-order valence-electron chi connectivity index (χ1n) is 10.7. The number of pyridine rings is 1. The van der Waals surface area contributed by atoms with Gasteiger partial charge in [-0.3, -0.25) is 4.57 Å². The molecule has 0 atom stereocenters. The molecular formula is C24H24N8. The van der Waals surface area contributed by atoms with Gasteiger partial charge in [-0.1, -0.05) is 43.3 Å². The number of fused-ring (bicyclic) bond motifs is 1. The molecule has 0 amide bonds. The Hall–Kier alpha value is -4.07. The molecule has 8 heteroatoms. The first kappa shape index (κ1) is 19.9. The van der Waals surface area contributed by atoms with E-state index in [9.17, 15) is 0 Å². The molecule has 160 valence electrons. The average molecular weight is 425 g/mol. The van der Waals surface area contributed by atoms with E-state index in [1.165, 1.54) is 0 Å². The van der Waals surface area contributed by atoms with Crippen molar-refractivity contribution in [1.82, 2.24) is 35.2 Å². The first-order chi connectivity index (χ1) is 15.7. The maximum atomic E-state index is 4.89. The largest absolute Gasteiger partial charge is 0.373 e. The van der Waals surface area contributed by atoms with Crippen LogP contribution >= 0.6 is 0 Å². The van der Waals surface area contributed by atoms with E-state index in [0.29, 0.717) is 5.82 Å². The van der Waals surface area contributed by atoms with E-state index >= 15 is 0 Å². The lowest BCUT2D eigenvalue weighted by Gasteiger charge is -2.12. The summed E-state index contributed by atoms with van der Waals surface area (Å²) >= 11 is 0. The fourth-order valence-corrected chi connectivity index (χ4v) is 4.06. The molecule has 2 aromatic carbocycles. The van der Waals surface area contributed by atoms with Crippen molar-refractivity contribution in [2.45, 2.75) is 26.7 Å². The van der Waals surface area contributed by atoms with Gasteiger partial charge in [0, 0.05) is 24.7 Å². The van der Waals surface area contributed by atoms with Gasteiger partial charge in [0.2, 0.25) is 5.82 Å². The highest BCUT2D eigenvalue weighted by Gasteiger charge is 2.16. The van der Waals surface area contributed by atoms with Gasteiger partial charge in [-0.15, -0.1) is 10.2 Å². The number of aryl methyl sites for hydroxylation is 2. The van der Waals surface area contributed by atoms with Crippen LogP contribution in [-0.4, -0.2) is 42.2 Å². The summed E-state index contributed by atoms with van der Waals surface area (Å²) in [6, 6.07) is 18.6. The van der Waals surface area contributed by atoms with Crippen LogP contribution in [0.1, 0.15) is 24.7 Å². The van der Waals surface area contributed by atoms with Crippen molar-refractivity contribution >= 4 is 17.0 Å². The number of aromatic amines is 1. The molecule has 8 nitrogen and oxygen atoms in total. The van der Waals surface area contributed by atoms with Crippen LogP contribution in [0.25, 0.3) is 39.4 Å². The van der Waals surface area contributed by atoms with Gasteiger partial charge in [0.05, 0.1) is 0 Å². The third-order valence-corrected chi connectivity index (χ3v) is 5.55. The van der Waals surface area contributed by atoms with E-state index in [2.05, 4.69) is 73.8 Å². The lowest BCUT2D eigenvalue weighted by Crippen LogP contribution is -2.03. The topological polar surface area (TPSA) is 97.2 Å².